The summed E-state index contributed by atoms with van der Waals surface area (Å²) in [6, 6.07) is 10.7. The van der Waals surface area contributed by atoms with E-state index < -0.39 is 11.8 Å². The second-order valence-electron chi connectivity index (χ2n) is 6.86. The van der Waals surface area contributed by atoms with Gasteiger partial charge in [-0.15, -0.1) is 11.3 Å². The number of carbonyl (C=O) groups excluding carboxylic acids is 3. The summed E-state index contributed by atoms with van der Waals surface area (Å²) in [6.07, 6.45) is 4.33. The lowest BCUT2D eigenvalue weighted by atomic mass is 9.84. The molecule has 0 bridgehead atoms. The monoisotopic (exact) mass is 385 g/mol. The van der Waals surface area contributed by atoms with Gasteiger partial charge < -0.3 is 16.0 Å². The van der Waals surface area contributed by atoms with Crippen molar-refractivity contribution in [2.24, 2.45) is 0 Å². The minimum Gasteiger partial charge on any atom is -0.347 e. The van der Waals surface area contributed by atoms with E-state index in [-0.39, 0.29) is 11.3 Å². The maximum atomic E-state index is 12.3. The minimum absolute atomic E-state index is 0.0515. The smallest absolute Gasteiger partial charge is 0.313 e. The van der Waals surface area contributed by atoms with Crippen LogP contribution in [0.25, 0.3) is 0 Å². The highest BCUT2D eigenvalue weighted by molar-refractivity contribution is 7.10. The van der Waals surface area contributed by atoms with Gasteiger partial charge >= 0.3 is 11.8 Å². The molecule has 1 fully saturated rings. The Balaban J connectivity index is 1.56. The first-order valence-corrected chi connectivity index (χ1v) is 9.87. The van der Waals surface area contributed by atoms with Gasteiger partial charge in [0.05, 0.1) is 0 Å². The Kier molecular flexibility index (Phi) is 5.91. The zero-order valence-electron chi connectivity index (χ0n) is 15.2. The van der Waals surface area contributed by atoms with Crippen molar-refractivity contribution in [3.8, 4) is 0 Å². The van der Waals surface area contributed by atoms with Gasteiger partial charge in [-0.25, -0.2) is 0 Å². The minimum atomic E-state index is -0.693. The van der Waals surface area contributed by atoms with Gasteiger partial charge in [0, 0.05) is 35.1 Å². The molecule has 142 valence electrons. The number of anilines is 2. The second-order valence-corrected chi connectivity index (χ2v) is 7.81. The molecule has 0 atom stereocenters. The number of thiophene rings is 1. The van der Waals surface area contributed by atoms with E-state index in [9.17, 15) is 14.4 Å². The molecule has 0 spiro atoms. The molecule has 1 aromatic heterocycles. The van der Waals surface area contributed by atoms with E-state index in [1.165, 1.54) is 11.8 Å². The third-order valence-electron chi connectivity index (χ3n) is 4.86. The SMILES string of the molecule is CC(=O)Nc1ccc(NC(=O)C(=O)NCC2(c3cccs3)CCCC2)cc1. The molecule has 0 saturated heterocycles. The highest BCUT2D eigenvalue weighted by Crippen LogP contribution is 2.42. The van der Waals surface area contributed by atoms with E-state index in [0.717, 1.165) is 25.7 Å². The average molecular weight is 385 g/mol. The normalized spacial score (nSPS) is 15.1. The van der Waals surface area contributed by atoms with Crippen molar-refractivity contribution in [2.75, 3.05) is 17.2 Å². The van der Waals surface area contributed by atoms with Crippen LogP contribution in [0.15, 0.2) is 41.8 Å². The van der Waals surface area contributed by atoms with E-state index in [2.05, 4.69) is 27.4 Å². The van der Waals surface area contributed by atoms with Crippen LogP contribution in [0, 0.1) is 0 Å². The van der Waals surface area contributed by atoms with E-state index in [1.807, 2.05) is 6.07 Å². The standard InChI is InChI=1S/C20H23N3O3S/c1-14(24)22-15-6-8-16(9-7-15)23-19(26)18(25)21-13-20(10-2-3-11-20)17-5-4-12-27-17/h4-9,12H,2-3,10-11,13H2,1H3,(H,21,25)(H,22,24)(H,23,26). The van der Waals surface area contributed by atoms with Crippen molar-refractivity contribution in [2.45, 2.75) is 38.0 Å². The van der Waals surface area contributed by atoms with Gasteiger partial charge in [0.25, 0.3) is 0 Å². The molecule has 1 saturated carbocycles. The zero-order chi connectivity index (χ0) is 19.3. The van der Waals surface area contributed by atoms with Crippen LogP contribution in [0.3, 0.4) is 0 Å². The van der Waals surface area contributed by atoms with Gasteiger partial charge in [-0.2, -0.15) is 0 Å². The summed E-state index contributed by atoms with van der Waals surface area (Å²) < 4.78 is 0. The fourth-order valence-corrected chi connectivity index (χ4v) is 4.49. The number of rotatable bonds is 5. The number of hydrogen-bond acceptors (Lipinski definition) is 4. The lowest BCUT2D eigenvalue weighted by Crippen LogP contribution is -2.43. The van der Waals surface area contributed by atoms with E-state index >= 15 is 0 Å². The summed E-state index contributed by atoms with van der Waals surface area (Å²) in [6.45, 7) is 1.90. The molecule has 1 heterocycles. The van der Waals surface area contributed by atoms with Crippen LogP contribution in [-0.2, 0) is 19.8 Å². The summed E-state index contributed by atoms with van der Waals surface area (Å²) >= 11 is 1.71. The van der Waals surface area contributed by atoms with Crippen LogP contribution in [0.5, 0.6) is 0 Å². The van der Waals surface area contributed by atoms with Gasteiger partial charge in [-0.05, 0) is 48.6 Å². The molecule has 3 N–H and O–H groups in total. The van der Waals surface area contributed by atoms with Gasteiger partial charge in [-0.3, -0.25) is 14.4 Å². The van der Waals surface area contributed by atoms with Crippen LogP contribution in [-0.4, -0.2) is 24.3 Å². The number of hydrogen-bond donors (Lipinski definition) is 3. The summed E-state index contributed by atoms with van der Waals surface area (Å²) in [7, 11) is 0. The highest BCUT2D eigenvalue weighted by Gasteiger charge is 2.37. The third kappa shape index (κ3) is 4.74. The van der Waals surface area contributed by atoms with Gasteiger partial charge in [-0.1, -0.05) is 18.9 Å². The average Bonchev–Trinajstić information content (AvgIpc) is 3.33. The fraction of sp³-hybridized carbons (Fsp3) is 0.350. The molecule has 0 radical (unpaired) electrons. The van der Waals surface area contributed by atoms with E-state index in [0.29, 0.717) is 17.9 Å². The summed E-state index contributed by atoms with van der Waals surface area (Å²) in [5.74, 6) is -1.50. The molecule has 1 aliphatic carbocycles. The second kappa shape index (κ2) is 8.35. The Hall–Kier alpha value is -2.67. The Morgan fingerprint density at radius 2 is 1.59 bits per heavy atom. The summed E-state index contributed by atoms with van der Waals surface area (Å²) in [5.41, 5.74) is 1.08. The van der Waals surface area contributed by atoms with Crippen molar-refractivity contribution < 1.29 is 14.4 Å². The molecule has 0 aliphatic heterocycles. The van der Waals surface area contributed by atoms with Crippen LogP contribution >= 0.6 is 11.3 Å². The fourth-order valence-electron chi connectivity index (χ4n) is 3.50. The molecule has 1 aromatic carbocycles. The lowest BCUT2D eigenvalue weighted by Gasteiger charge is -2.28. The molecule has 3 rings (SSSR count). The molecule has 0 unspecified atom stereocenters. The van der Waals surface area contributed by atoms with E-state index in [1.54, 1.807) is 35.6 Å². The first-order valence-electron chi connectivity index (χ1n) is 8.99. The van der Waals surface area contributed by atoms with E-state index in [4.69, 9.17) is 0 Å². The molecule has 1 aliphatic rings. The quantitative estimate of drug-likeness (QED) is 0.690. The Bertz CT molecular complexity index is 810. The zero-order valence-corrected chi connectivity index (χ0v) is 16.0. The molecule has 2 aromatic rings. The summed E-state index contributed by atoms with van der Waals surface area (Å²) in [4.78, 5) is 36.7. The van der Waals surface area contributed by atoms with Crippen LogP contribution in [0.4, 0.5) is 11.4 Å². The molecule has 27 heavy (non-hydrogen) atoms. The Labute approximate surface area is 162 Å². The largest absolute Gasteiger partial charge is 0.347 e. The topological polar surface area (TPSA) is 87.3 Å². The third-order valence-corrected chi connectivity index (χ3v) is 5.98. The number of amides is 3. The lowest BCUT2D eigenvalue weighted by molar-refractivity contribution is -0.136. The van der Waals surface area contributed by atoms with Crippen molar-refractivity contribution in [3.63, 3.8) is 0 Å². The first kappa shape index (κ1) is 19.1. The Morgan fingerprint density at radius 3 is 2.15 bits per heavy atom. The number of carbonyl (C=O) groups is 3. The van der Waals surface area contributed by atoms with Crippen molar-refractivity contribution in [3.05, 3.63) is 46.7 Å². The molecule has 7 heteroatoms. The Morgan fingerprint density at radius 1 is 0.963 bits per heavy atom. The van der Waals surface area contributed by atoms with Crippen LogP contribution < -0.4 is 16.0 Å². The van der Waals surface area contributed by atoms with Crippen molar-refractivity contribution in [1.29, 1.82) is 0 Å². The maximum Gasteiger partial charge on any atom is 0.313 e. The number of benzene rings is 1. The van der Waals surface area contributed by atoms with Crippen LogP contribution in [0.2, 0.25) is 0 Å². The molecular formula is C20H23N3O3S. The summed E-state index contributed by atoms with van der Waals surface area (Å²) in [5, 5.41) is 10.1. The first-order chi connectivity index (χ1) is 13.0. The van der Waals surface area contributed by atoms with Gasteiger partial charge in [0.2, 0.25) is 5.91 Å². The molecular weight excluding hydrogens is 362 g/mol. The van der Waals surface area contributed by atoms with Gasteiger partial charge in [0.15, 0.2) is 0 Å². The predicted octanol–water partition coefficient (Wildman–Crippen LogP) is 3.27. The van der Waals surface area contributed by atoms with Gasteiger partial charge in [0.1, 0.15) is 0 Å². The number of nitrogens with one attached hydrogen (secondary N) is 3. The predicted molar refractivity (Wildman–Crippen MR) is 107 cm³/mol. The van der Waals surface area contributed by atoms with Crippen LogP contribution in [0.1, 0.15) is 37.5 Å². The van der Waals surface area contributed by atoms with Crippen molar-refractivity contribution in [1.82, 2.24) is 5.32 Å². The maximum absolute atomic E-state index is 12.3. The highest BCUT2D eigenvalue weighted by atomic mass is 32.1. The van der Waals surface area contributed by atoms with Crippen molar-refractivity contribution >= 4 is 40.4 Å². The molecule has 6 nitrogen and oxygen atoms in total. The molecule has 3 amide bonds.